The molecule has 0 atom stereocenters. The van der Waals surface area contributed by atoms with Crippen LogP contribution in [0.4, 0.5) is 0 Å². The lowest BCUT2D eigenvalue weighted by Gasteiger charge is -2.36. The highest BCUT2D eigenvalue weighted by Gasteiger charge is 2.32. The first-order chi connectivity index (χ1) is 12.3. The van der Waals surface area contributed by atoms with Gasteiger partial charge >= 0.3 is 0 Å². The number of nitrogens with zero attached hydrogens (tertiary/aromatic N) is 2. The van der Waals surface area contributed by atoms with Crippen LogP contribution in [0.15, 0.2) is 39.1 Å². The third kappa shape index (κ3) is 3.96. The molecule has 1 aliphatic rings. The average molecular weight is 412 g/mol. The molecule has 0 amide bonds. The van der Waals surface area contributed by atoms with Crippen LogP contribution >= 0.6 is 35.0 Å². The predicted molar refractivity (Wildman–Crippen MR) is 108 cm³/mol. The number of rotatable bonds is 4. The smallest absolute Gasteiger partial charge is 0.273 e. The zero-order chi connectivity index (χ0) is 18.9. The quantitative estimate of drug-likeness (QED) is 0.779. The summed E-state index contributed by atoms with van der Waals surface area (Å²) in [6.07, 6.45) is 5.75. The minimum Gasteiger partial charge on any atom is -0.330 e. The van der Waals surface area contributed by atoms with Gasteiger partial charge in [-0.25, -0.2) is 0 Å². The summed E-state index contributed by atoms with van der Waals surface area (Å²) >= 11 is 13.7. The number of halogens is 2. The van der Waals surface area contributed by atoms with Crippen LogP contribution < -0.4 is 11.3 Å². The molecule has 0 unspecified atom stereocenters. The molecule has 26 heavy (non-hydrogen) atoms. The minimum atomic E-state index is -0.0329. The molecular weight excluding hydrogens is 389 g/mol. The Kier molecular flexibility index (Phi) is 6.02. The van der Waals surface area contributed by atoms with Crippen LogP contribution in [0.1, 0.15) is 44.2 Å². The van der Waals surface area contributed by atoms with Crippen molar-refractivity contribution >= 4 is 35.0 Å². The number of hydrogen-bond acceptors (Lipinski definition) is 4. The van der Waals surface area contributed by atoms with Crippen LogP contribution in [0, 0.1) is 5.41 Å². The van der Waals surface area contributed by atoms with E-state index in [2.05, 4.69) is 11.9 Å². The first-order valence-corrected chi connectivity index (χ1v) is 10.3. The van der Waals surface area contributed by atoms with E-state index in [1.54, 1.807) is 23.9 Å². The molecule has 2 N–H and O–H groups in total. The first-order valence-electron chi connectivity index (χ1n) is 8.72. The van der Waals surface area contributed by atoms with Crippen molar-refractivity contribution < 1.29 is 0 Å². The van der Waals surface area contributed by atoms with Crippen LogP contribution in [0.25, 0.3) is 0 Å². The van der Waals surface area contributed by atoms with E-state index in [0.717, 1.165) is 35.6 Å². The van der Waals surface area contributed by atoms with Crippen molar-refractivity contribution in [2.24, 2.45) is 18.2 Å². The molecule has 0 aliphatic heterocycles. The van der Waals surface area contributed by atoms with Crippen molar-refractivity contribution in [2.75, 3.05) is 6.54 Å². The van der Waals surface area contributed by atoms with Gasteiger partial charge in [0.2, 0.25) is 0 Å². The summed E-state index contributed by atoms with van der Waals surface area (Å²) in [7, 11) is 1.78. The zero-order valence-corrected chi connectivity index (χ0v) is 17.3. The Morgan fingerprint density at radius 3 is 2.69 bits per heavy atom. The molecule has 7 heteroatoms. The topological polar surface area (TPSA) is 60.9 Å². The first kappa shape index (κ1) is 19.7. The number of hydrogen-bond donors (Lipinski definition) is 1. The van der Waals surface area contributed by atoms with Crippen molar-refractivity contribution in [3.8, 4) is 0 Å². The van der Waals surface area contributed by atoms with Gasteiger partial charge in [0.1, 0.15) is 10.7 Å². The van der Waals surface area contributed by atoms with E-state index < -0.39 is 0 Å². The molecule has 1 aromatic heterocycles. The van der Waals surface area contributed by atoms with Crippen molar-refractivity contribution in [1.29, 1.82) is 0 Å². The molecule has 2 aromatic rings. The molecule has 1 heterocycles. The van der Waals surface area contributed by atoms with Gasteiger partial charge in [0, 0.05) is 17.9 Å². The lowest BCUT2D eigenvalue weighted by Crippen LogP contribution is -2.34. The fourth-order valence-electron chi connectivity index (χ4n) is 3.38. The molecule has 140 valence electrons. The second-order valence-electron chi connectivity index (χ2n) is 7.29. The van der Waals surface area contributed by atoms with Crippen molar-refractivity contribution in [1.82, 2.24) is 9.55 Å². The highest BCUT2D eigenvalue weighted by molar-refractivity contribution is 7.99. The number of aromatic nitrogens is 2. The maximum Gasteiger partial charge on any atom is 0.273 e. The van der Waals surface area contributed by atoms with Crippen molar-refractivity contribution in [3.05, 3.63) is 50.5 Å². The monoisotopic (exact) mass is 411 g/mol. The zero-order valence-electron chi connectivity index (χ0n) is 15.0. The molecule has 1 aromatic carbocycles. The van der Waals surface area contributed by atoms with Gasteiger partial charge in [-0.15, -0.1) is 0 Å². The van der Waals surface area contributed by atoms with Gasteiger partial charge in [0.15, 0.2) is 0 Å². The Balaban J connectivity index is 1.83. The summed E-state index contributed by atoms with van der Waals surface area (Å²) in [5.74, 6) is 0.210. The van der Waals surface area contributed by atoms with E-state index in [0.29, 0.717) is 22.3 Å². The van der Waals surface area contributed by atoms with Gasteiger partial charge in [0.05, 0.1) is 16.2 Å². The molecule has 1 saturated carbocycles. The maximum absolute atomic E-state index is 12.9. The van der Waals surface area contributed by atoms with E-state index in [9.17, 15) is 4.79 Å². The second kappa shape index (κ2) is 7.93. The fourth-order valence-corrected chi connectivity index (χ4v) is 4.75. The van der Waals surface area contributed by atoms with Gasteiger partial charge in [-0.1, -0.05) is 48.0 Å². The van der Waals surface area contributed by atoms with E-state index >= 15 is 0 Å². The summed E-state index contributed by atoms with van der Waals surface area (Å²) in [6, 6.07) is 5.46. The highest BCUT2D eigenvalue weighted by Crippen LogP contribution is 2.41. The van der Waals surface area contributed by atoms with Gasteiger partial charge in [0.25, 0.3) is 5.56 Å². The Labute approximate surface area is 168 Å². The van der Waals surface area contributed by atoms with Crippen LogP contribution in [-0.2, 0) is 7.05 Å². The van der Waals surface area contributed by atoms with Gasteiger partial charge < -0.3 is 10.3 Å². The maximum atomic E-state index is 12.9. The van der Waals surface area contributed by atoms with Gasteiger partial charge in [-0.3, -0.25) is 9.78 Å². The fraction of sp³-hybridized carbons (Fsp3) is 0.474. The summed E-state index contributed by atoms with van der Waals surface area (Å²) in [6.45, 7) is 2.92. The summed E-state index contributed by atoms with van der Waals surface area (Å²) < 4.78 is 1.65. The summed E-state index contributed by atoms with van der Waals surface area (Å²) in [5, 5.41) is 1.73. The lowest BCUT2D eigenvalue weighted by atomic mass is 9.71. The number of benzene rings is 1. The largest absolute Gasteiger partial charge is 0.330 e. The minimum absolute atomic E-state index is 0.0329. The Hall–Kier alpha value is -1.01. The SMILES string of the molecule is Cn1c(Sc2cccc(Cl)c2Cl)cnc(C2CCC(C)(CN)CC2)c1=O. The Bertz CT molecular complexity index is 860. The third-order valence-electron chi connectivity index (χ3n) is 5.37. The molecular formula is C19H23Cl2N3OS. The van der Waals surface area contributed by atoms with Crippen LogP contribution in [-0.4, -0.2) is 16.1 Å². The van der Waals surface area contributed by atoms with Crippen molar-refractivity contribution in [2.45, 2.75) is 48.4 Å². The Morgan fingerprint density at radius 2 is 2.04 bits per heavy atom. The standard InChI is InChI=1S/C19H23Cl2N3OS/c1-19(11-22)8-6-12(7-9-19)17-18(25)24(2)15(10-23-17)26-14-5-3-4-13(20)16(14)21/h3-5,10,12H,6-9,11,22H2,1-2H3. The van der Waals surface area contributed by atoms with Crippen LogP contribution in [0.3, 0.4) is 0 Å². The summed E-state index contributed by atoms with van der Waals surface area (Å²) in [4.78, 5) is 18.2. The molecule has 3 rings (SSSR count). The van der Waals surface area contributed by atoms with Crippen LogP contribution in [0.5, 0.6) is 0 Å². The van der Waals surface area contributed by atoms with E-state index in [1.165, 1.54) is 11.8 Å². The molecule has 0 saturated heterocycles. The lowest BCUT2D eigenvalue weighted by molar-refractivity contribution is 0.205. The molecule has 0 bridgehead atoms. The normalized spacial score (nSPS) is 23.2. The van der Waals surface area contributed by atoms with Crippen molar-refractivity contribution in [3.63, 3.8) is 0 Å². The molecule has 1 aliphatic carbocycles. The molecule has 4 nitrogen and oxygen atoms in total. The highest BCUT2D eigenvalue weighted by atomic mass is 35.5. The van der Waals surface area contributed by atoms with E-state index in [-0.39, 0.29) is 16.9 Å². The Morgan fingerprint density at radius 1 is 1.35 bits per heavy atom. The van der Waals surface area contributed by atoms with E-state index in [1.807, 2.05) is 12.1 Å². The van der Waals surface area contributed by atoms with E-state index in [4.69, 9.17) is 28.9 Å². The summed E-state index contributed by atoms with van der Waals surface area (Å²) in [5.41, 5.74) is 6.71. The molecule has 1 fully saturated rings. The third-order valence-corrected chi connectivity index (χ3v) is 7.45. The van der Waals surface area contributed by atoms with Gasteiger partial charge in [-0.05, 0) is 49.8 Å². The average Bonchev–Trinajstić information content (AvgIpc) is 2.64. The number of nitrogens with two attached hydrogens (primary N) is 1. The molecule has 0 spiro atoms. The van der Waals surface area contributed by atoms with Crippen LogP contribution in [0.2, 0.25) is 10.0 Å². The van der Waals surface area contributed by atoms with Gasteiger partial charge in [-0.2, -0.15) is 0 Å². The predicted octanol–water partition coefficient (Wildman–Crippen LogP) is 4.86. The second-order valence-corrected chi connectivity index (χ2v) is 9.14. The molecule has 0 radical (unpaired) electrons.